The van der Waals surface area contributed by atoms with Crippen molar-refractivity contribution in [2.24, 2.45) is 14.1 Å². The fourth-order valence-corrected chi connectivity index (χ4v) is 0.794. The molecule has 0 aliphatic carbocycles. The zero-order valence-electron chi connectivity index (χ0n) is 5.63. The fraction of sp³-hybridized carbons (Fsp3) is 0.286. The van der Waals surface area contributed by atoms with Gasteiger partial charge in [-0.05, 0) is 0 Å². The molecule has 0 fully saturated rings. The summed E-state index contributed by atoms with van der Waals surface area (Å²) in [6.07, 6.45) is 9.06. The summed E-state index contributed by atoms with van der Waals surface area (Å²) in [5, 5.41) is 0. The van der Waals surface area contributed by atoms with E-state index < -0.39 is 0 Å². The maximum Gasteiger partial charge on any atom is 0.334 e. The van der Waals surface area contributed by atoms with Crippen molar-refractivity contribution in [1.82, 2.24) is 4.57 Å². The number of imidazole rings is 1. The van der Waals surface area contributed by atoms with Crippen LogP contribution < -0.4 is 4.57 Å². The van der Waals surface area contributed by atoms with Crippen molar-refractivity contribution in [2.75, 3.05) is 0 Å². The second-order valence-electron chi connectivity index (χ2n) is 1.99. The largest absolute Gasteiger partial charge is 0.334 e. The lowest BCUT2D eigenvalue weighted by Crippen LogP contribution is -2.29. The maximum absolute atomic E-state index is 5.20. The highest BCUT2D eigenvalue weighted by Crippen LogP contribution is 1.85. The van der Waals surface area contributed by atoms with Gasteiger partial charge in [-0.2, -0.15) is 0 Å². The van der Waals surface area contributed by atoms with Crippen LogP contribution in [0.15, 0.2) is 12.4 Å². The molecule has 2 heteroatoms. The summed E-state index contributed by atoms with van der Waals surface area (Å²) in [4.78, 5) is 0. The van der Waals surface area contributed by atoms with Crippen molar-refractivity contribution in [2.45, 2.75) is 0 Å². The van der Waals surface area contributed by atoms with Crippen LogP contribution in [0.2, 0.25) is 0 Å². The van der Waals surface area contributed by atoms with Gasteiger partial charge < -0.3 is 0 Å². The lowest BCUT2D eigenvalue weighted by Gasteiger charge is -1.84. The molecule has 0 aromatic carbocycles. The predicted octanol–water partition coefficient (Wildman–Crippen LogP) is -0.169. The van der Waals surface area contributed by atoms with Crippen LogP contribution in [-0.4, -0.2) is 4.57 Å². The van der Waals surface area contributed by atoms with E-state index in [2.05, 4.69) is 5.92 Å². The van der Waals surface area contributed by atoms with Gasteiger partial charge in [0.1, 0.15) is 12.4 Å². The Labute approximate surface area is 54.7 Å². The molecule has 0 N–H and O–H groups in total. The van der Waals surface area contributed by atoms with Crippen LogP contribution in [0.1, 0.15) is 5.82 Å². The van der Waals surface area contributed by atoms with E-state index in [1.54, 1.807) is 0 Å². The molecular formula is C7H9N2+. The van der Waals surface area contributed by atoms with Crippen LogP contribution >= 0.6 is 0 Å². The molecule has 1 heterocycles. The zero-order chi connectivity index (χ0) is 6.85. The van der Waals surface area contributed by atoms with Gasteiger partial charge in [-0.1, -0.05) is 0 Å². The third-order valence-corrected chi connectivity index (χ3v) is 1.31. The Hall–Kier alpha value is -1.23. The Morgan fingerprint density at radius 3 is 2.67 bits per heavy atom. The molecule has 1 aromatic rings. The van der Waals surface area contributed by atoms with E-state index in [9.17, 15) is 0 Å². The molecule has 0 unspecified atom stereocenters. The minimum atomic E-state index is 0.884. The van der Waals surface area contributed by atoms with Crippen LogP contribution in [-0.2, 0) is 14.1 Å². The lowest BCUT2D eigenvalue weighted by atomic mass is 10.6. The van der Waals surface area contributed by atoms with Gasteiger partial charge >= 0.3 is 5.82 Å². The van der Waals surface area contributed by atoms with Crippen LogP contribution in [0.3, 0.4) is 0 Å². The van der Waals surface area contributed by atoms with Crippen LogP contribution in [0.4, 0.5) is 0 Å². The summed E-state index contributed by atoms with van der Waals surface area (Å²) in [6.45, 7) is 0. The minimum Gasteiger partial charge on any atom is -0.226 e. The fourth-order valence-electron chi connectivity index (χ4n) is 0.794. The highest BCUT2D eigenvalue weighted by molar-refractivity contribution is 5.10. The molecule has 46 valence electrons. The first kappa shape index (κ1) is 5.90. The van der Waals surface area contributed by atoms with Gasteiger partial charge in [-0.3, -0.25) is 0 Å². The standard InChI is InChI=1S/C7H9N2/c1-4-7-8(2)5-6-9(7)3/h1,5-6H,2-3H3/q+1. The van der Waals surface area contributed by atoms with Gasteiger partial charge in [0.2, 0.25) is 0 Å². The molecule has 0 radical (unpaired) electrons. The third-order valence-electron chi connectivity index (χ3n) is 1.31. The number of nitrogens with zero attached hydrogens (tertiary/aromatic N) is 2. The normalized spacial score (nSPS) is 9.00. The number of aryl methyl sites for hydroxylation is 2. The Bertz CT molecular complexity index is 233. The van der Waals surface area contributed by atoms with Gasteiger partial charge in [0.15, 0.2) is 0 Å². The quantitative estimate of drug-likeness (QED) is 0.333. The Balaban J connectivity index is 3.27. The molecule has 1 rings (SSSR count). The van der Waals surface area contributed by atoms with Gasteiger partial charge in [0.05, 0.1) is 14.1 Å². The number of hydrogen-bond acceptors (Lipinski definition) is 0. The van der Waals surface area contributed by atoms with E-state index in [-0.39, 0.29) is 0 Å². The second-order valence-corrected chi connectivity index (χ2v) is 1.99. The van der Waals surface area contributed by atoms with Crippen LogP contribution in [0, 0.1) is 12.3 Å². The third kappa shape index (κ3) is 0.812. The monoisotopic (exact) mass is 121 g/mol. The topological polar surface area (TPSA) is 8.81 Å². The van der Waals surface area contributed by atoms with Crippen molar-refractivity contribution >= 4 is 0 Å². The van der Waals surface area contributed by atoms with Gasteiger partial charge in [-0.15, -0.1) is 6.42 Å². The summed E-state index contributed by atoms with van der Waals surface area (Å²) in [7, 11) is 3.85. The summed E-state index contributed by atoms with van der Waals surface area (Å²) >= 11 is 0. The van der Waals surface area contributed by atoms with Crippen molar-refractivity contribution in [3.05, 3.63) is 18.2 Å². The summed E-state index contributed by atoms with van der Waals surface area (Å²) in [5.74, 6) is 3.45. The molecule has 1 aromatic heterocycles. The molecule has 0 aliphatic heterocycles. The van der Waals surface area contributed by atoms with Crippen molar-refractivity contribution < 1.29 is 4.57 Å². The molecule has 2 nitrogen and oxygen atoms in total. The first-order chi connectivity index (χ1) is 4.25. The lowest BCUT2D eigenvalue weighted by molar-refractivity contribution is -0.673. The zero-order valence-corrected chi connectivity index (χ0v) is 5.63. The molecule has 0 spiro atoms. The van der Waals surface area contributed by atoms with E-state index in [0.29, 0.717) is 0 Å². The Kier molecular flexibility index (Phi) is 1.27. The SMILES string of the molecule is C#Cc1n(C)cc[n+]1C. The van der Waals surface area contributed by atoms with Gasteiger partial charge in [-0.25, -0.2) is 9.13 Å². The number of terminal acetylenes is 1. The average Bonchev–Trinajstić information content (AvgIpc) is 2.12. The molecule has 0 saturated heterocycles. The molecule has 0 saturated carbocycles. The van der Waals surface area contributed by atoms with Crippen LogP contribution in [0.25, 0.3) is 0 Å². The van der Waals surface area contributed by atoms with E-state index in [1.165, 1.54) is 0 Å². The predicted molar refractivity (Wildman–Crippen MR) is 34.5 cm³/mol. The average molecular weight is 121 g/mol. The number of hydrogen-bond donors (Lipinski definition) is 0. The summed E-state index contributed by atoms with van der Waals surface area (Å²) in [6, 6.07) is 0. The van der Waals surface area contributed by atoms with Crippen LogP contribution in [0.5, 0.6) is 0 Å². The van der Waals surface area contributed by atoms with Gasteiger partial charge in [0, 0.05) is 5.92 Å². The molecule has 0 amide bonds. The van der Waals surface area contributed by atoms with E-state index in [4.69, 9.17) is 6.42 Å². The van der Waals surface area contributed by atoms with E-state index >= 15 is 0 Å². The highest BCUT2D eigenvalue weighted by atomic mass is 15.1. The van der Waals surface area contributed by atoms with Crippen molar-refractivity contribution in [3.63, 3.8) is 0 Å². The summed E-state index contributed by atoms with van der Waals surface area (Å²) in [5.41, 5.74) is 0. The second kappa shape index (κ2) is 1.94. The molecule has 0 aliphatic rings. The minimum absolute atomic E-state index is 0.884. The van der Waals surface area contributed by atoms with Gasteiger partial charge in [0.25, 0.3) is 0 Å². The van der Waals surface area contributed by atoms with E-state index in [1.807, 2.05) is 35.6 Å². The molecule has 0 atom stereocenters. The van der Waals surface area contributed by atoms with E-state index in [0.717, 1.165) is 5.82 Å². The smallest absolute Gasteiger partial charge is 0.226 e. The Morgan fingerprint density at radius 2 is 2.44 bits per heavy atom. The molecule has 0 bridgehead atoms. The molecular weight excluding hydrogens is 112 g/mol. The Morgan fingerprint density at radius 1 is 1.78 bits per heavy atom. The number of aromatic nitrogens is 2. The maximum atomic E-state index is 5.20. The van der Waals surface area contributed by atoms with Crippen molar-refractivity contribution in [1.29, 1.82) is 0 Å². The summed E-state index contributed by atoms with van der Waals surface area (Å²) < 4.78 is 3.81. The number of rotatable bonds is 0. The van der Waals surface area contributed by atoms with Crippen molar-refractivity contribution in [3.8, 4) is 12.3 Å². The first-order valence-corrected chi connectivity index (χ1v) is 2.73. The first-order valence-electron chi connectivity index (χ1n) is 2.73. The molecule has 9 heavy (non-hydrogen) atoms. The highest BCUT2D eigenvalue weighted by Gasteiger charge is 2.04.